The molecule has 0 saturated carbocycles. The summed E-state index contributed by atoms with van der Waals surface area (Å²) < 4.78 is 1.22. The normalized spacial score (nSPS) is 15.1. The van der Waals surface area contributed by atoms with Crippen LogP contribution < -0.4 is 10.2 Å². The fraction of sp³-hybridized carbons (Fsp3) is 0.375. The van der Waals surface area contributed by atoms with Gasteiger partial charge in [-0.25, -0.2) is 9.78 Å². The van der Waals surface area contributed by atoms with E-state index in [0.717, 1.165) is 36.8 Å². The molecule has 2 amide bonds. The third-order valence-electron chi connectivity index (χ3n) is 3.77. The molecule has 1 aromatic carbocycles. The molecule has 0 radical (unpaired) electrons. The maximum atomic E-state index is 11.9. The molecule has 1 aliphatic heterocycles. The summed E-state index contributed by atoms with van der Waals surface area (Å²) in [5.74, 6) is 0. The molecule has 1 saturated heterocycles. The maximum absolute atomic E-state index is 11.9. The predicted octanol–water partition coefficient (Wildman–Crippen LogP) is 2.62. The van der Waals surface area contributed by atoms with Gasteiger partial charge in [-0.05, 0) is 24.6 Å². The van der Waals surface area contributed by atoms with Gasteiger partial charge in [0.15, 0.2) is 5.13 Å². The first-order chi connectivity index (χ1) is 10.7. The first-order valence-corrected chi connectivity index (χ1v) is 8.25. The zero-order valence-corrected chi connectivity index (χ0v) is 13.5. The van der Waals surface area contributed by atoms with Gasteiger partial charge in [0.05, 0.1) is 10.2 Å². The van der Waals surface area contributed by atoms with Crippen molar-refractivity contribution in [1.29, 1.82) is 0 Å². The highest BCUT2D eigenvalue weighted by atomic mass is 32.1. The number of piperazine rings is 1. The summed E-state index contributed by atoms with van der Waals surface area (Å²) in [6, 6.07) is 6.33. The molecule has 3 rings (SSSR count). The van der Waals surface area contributed by atoms with Gasteiger partial charge in [0.1, 0.15) is 0 Å². The lowest BCUT2D eigenvalue weighted by atomic mass is 10.2. The number of anilines is 1. The molecule has 1 fully saturated rings. The number of hydrogen-bond acceptors (Lipinski definition) is 4. The molecule has 0 bridgehead atoms. The van der Waals surface area contributed by atoms with Gasteiger partial charge in [-0.15, -0.1) is 6.58 Å². The second-order valence-electron chi connectivity index (χ2n) is 5.42. The number of hydrogen-bond donors (Lipinski definition) is 1. The Morgan fingerprint density at radius 1 is 1.41 bits per heavy atom. The quantitative estimate of drug-likeness (QED) is 0.886. The lowest BCUT2D eigenvalue weighted by Crippen LogP contribution is -2.51. The second-order valence-corrected chi connectivity index (χ2v) is 6.43. The molecule has 5 nitrogen and oxygen atoms in total. The van der Waals surface area contributed by atoms with Crippen molar-refractivity contribution in [3.63, 3.8) is 0 Å². The van der Waals surface area contributed by atoms with E-state index in [-0.39, 0.29) is 6.03 Å². The third-order valence-corrected chi connectivity index (χ3v) is 4.85. The Morgan fingerprint density at radius 3 is 2.91 bits per heavy atom. The standard InChI is InChI=1S/C16H20N4OS/c1-3-6-17-15(21)19-7-9-20(10-8-19)16-18-13-5-4-12(2)11-14(13)22-16/h3-5,11H,1,6-10H2,2H3,(H,17,21). The molecule has 0 aliphatic carbocycles. The minimum Gasteiger partial charge on any atom is -0.345 e. The van der Waals surface area contributed by atoms with Gasteiger partial charge in [-0.2, -0.15) is 0 Å². The Labute approximate surface area is 134 Å². The van der Waals surface area contributed by atoms with Gasteiger partial charge < -0.3 is 15.1 Å². The number of fused-ring (bicyclic) bond motifs is 1. The van der Waals surface area contributed by atoms with Gasteiger partial charge in [0.2, 0.25) is 0 Å². The van der Waals surface area contributed by atoms with E-state index in [4.69, 9.17) is 4.98 Å². The molecule has 1 N–H and O–H groups in total. The molecule has 2 heterocycles. The van der Waals surface area contributed by atoms with Crippen LogP contribution in [0.5, 0.6) is 0 Å². The summed E-state index contributed by atoms with van der Waals surface area (Å²) in [6.07, 6.45) is 1.69. The number of urea groups is 1. The molecule has 1 aliphatic rings. The van der Waals surface area contributed by atoms with E-state index in [1.54, 1.807) is 17.4 Å². The highest BCUT2D eigenvalue weighted by Gasteiger charge is 2.22. The van der Waals surface area contributed by atoms with E-state index in [1.807, 2.05) is 4.90 Å². The van der Waals surface area contributed by atoms with E-state index < -0.39 is 0 Å². The van der Waals surface area contributed by atoms with Gasteiger partial charge >= 0.3 is 6.03 Å². The number of amides is 2. The Balaban J connectivity index is 1.65. The zero-order valence-electron chi connectivity index (χ0n) is 12.7. The van der Waals surface area contributed by atoms with Crippen LogP contribution in [0.3, 0.4) is 0 Å². The monoisotopic (exact) mass is 316 g/mol. The number of aryl methyl sites for hydroxylation is 1. The average Bonchev–Trinajstić information content (AvgIpc) is 2.95. The van der Waals surface area contributed by atoms with E-state index in [9.17, 15) is 4.79 Å². The van der Waals surface area contributed by atoms with Crippen molar-refractivity contribution in [1.82, 2.24) is 15.2 Å². The fourth-order valence-electron chi connectivity index (χ4n) is 2.53. The van der Waals surface area contributed by atoms with Crippen LogP contribution in [0, 0.1) is 6.92 Å². The Hall–Kier alpha value is -2.08. The van der Waals surface area contributed by atoms with Crippen LogP contribution in [0.2, 0.25) is 0 Å². The van der Waals surface area contributed by atoms with Crippen LogP contribution in [-0.4, -0.2) is 48.6 Å². The summed E-state index contributed by atoms with van der Waals surface area (Å²) in [4.78, 5) is 20.7. The summed E-state index contributed by atoms with van der Waals surface area (Å²) in [6.45, 7) is 9.29. The van der Waals surface area contributed by atoms with Crippen molar-refractivity contribution < 1.29 is 4.79 Å². The van der Waals surface area contributed by atoms with Crippen LogP contribution in [0.15, 0.2) is 30.9 Å². The summed E-state index contributed by atoms with van der Waals surface area (Å²) in [5.41, 5.74) is 2.31. The van der Waals surface area contributed by atoms with Crippen molar-refractivity contribution in [2.75, 3.05) is 37.6 Å². The predicted molar refractivity (Wildman–Crippen MR) is 91.7 cm³/mol. The number of carbonyl (C=O) groups excluding carboxylic acids is 1. The maximum Gasteiger partial charge on any atom is 0.317 e. The van der Waals surface area contributed by atoms with Crippen molar-refractivity contribution in [2.24, 2.45) is 0 Å². The Morgan fingerprint density at radius 2 is 2.18 bits per heavy atom. The van der Waals surface area contributed by atoms with E-state index in [1.165, 1.54) is 10.3 Å². The minimum absolute atomic E-state index is 0.0144. The van der Waals surface area contributed by atoms with Crippen molar-refractivity contribution in [3.8, 4) is 0 Å². The van der Waals surface area contributed by atoms with E-state index in [2.05, 4.69) is 41.9 Å². The van der Waals surface area contributed by atoms with Gasteiger partial charge in [-0.1, -0.05) is 23.5 Å². The molecular weight excluding hydrogens is 296 g/mol. The van der Waals surface area contributed by atoms with Gasteiger partial charge in [0, 0.05) is 32.7 Å². The average molecular weight is 316 g/mol. The fourth-order valence-corrected chi connectivity index (χ4v) is 3.64. The lowest BCUT2D eigenvalue weighted by molar-refractivity contribution is 0.195. The SMILES string of the molecule is C=CCNC(=O)N1CCN(c2nc3ccc(C)cc3s2)CC1. The molecule has 0 unspecified atom stereocenters. The number of carbonyl (C=O) groups is 1. The molecule has 22 heavy (non-hydrogen) atoms. The third kappa shape index (κ3) is 3.06. The van der Waals surface area contributed by atoms with E-state index in [0.29, 0.717) is 6.54 Å². The number of nitrogens with zero attached hydrogens (tertiary/aromatic N) is 3. The number of nitrogens with one attached hydrogen (secondary N) is 1. The molecular formula is C16H20N4OS. The number of benzene rings is 1. The topological polar surface area (TPSA) is 48.5 Å². The molecule has 0 atom stereocenters. The van der Waals surface area contributed by atoms with E-state index >= 15 is 0 Å². The first-order valence-electron chi connectivity index (χ1n) is 7.43. The van der Waals surface area contributed by atoms with Gasteiger partial charge in [-0.3, -0.25) is 0 Å². The van der Waals surface area contributed by atoms with Crippen molar-refractivity contribution in [2.45, 2.75) is 6.92 Å². The molecule has 6 heteroatoms. The zero-order chi connectivity index (χ0) is 15.5. The smallest absolute Gasteiger partial charge is 0.317 e. The Kier molecular flexibility index (Phi) is 4.29. The molecule has 1 aromatic heterocycles. The van der Waals surface area contributed by atoms with Crippen LogP contribution in [0.25, 0.3) is 10.2 Å². The molecule has 116 valence electrons. The first kappa shape index (κ1) is 14.8. The number of thiazole rings is 1. The summed E-state index contributed by atoms with van der Waals surface area (Å²) in [5, 5.41) is 3.87. The van der Waals surface area contributed by atoms with Crippen molar-refractivity contribution >= 4 is 32.7 Å². The second kappa shape index (κ2) is 6.36. The largest absolute Gasteiger partial charge is 0.345 e. The minimum atomic E-state index is -0.0144. The highest BCUT2D eigenvalue weighted by molar-refractivity contribution is 7.22. The van der Waals surface area contributed by atoms with Crippen LogP contribution in [0.1, 0.15) is 5.56 Å². The lowest BCUT2D eigenvalue weighted by Gasteiger charge is -2.34. The van der Waals surface area contributed by atoms with Crippen molar-refractivity contribution in [3.05, 3.63) is 36.4 Å². The number of aromatic nitrogens is 1. The number of rotatable bonds is 3. The Bertz CT molecular complexity index is 689. The summed E-state index contributed by atoms with van der Waals surface area (Å²) in [7, 11) is 0. The van der Waals surface area contributed by atoms with Crippen LogP contribution in [-0.2, 0) is 0 Å². The van der Waals surface area contributed by atoms with Gasteiger partial charge in [0.25, 0.3) is 0 Å². The molecule has 2 aromatic rings. The highest BCUT2D eigenvalue weighted by Crippen LogP contribution is 2.29. The van der Waals surface area contributed by atoms with Crippen LogP contribution in [0.4, 0.5) is 9.93 Å². The summed E-state index contributed by atoms with van der Waals surface area (Å²) >= 11 is 1.72. The molecule has 0 spiro atoms. The van der Waals surface area contributed by atoms with Crippen LogP contribution >= 0.6 is 11.3 Å².